The standard InChI is InChI=1S/C10H17NO4/c1-8(12)7-9(13)11-6-4-2-3-5-10(14)15/h2-7H2,1H3,(H,11,13)(H,14,15). The minimum Gasteiger partial charge on any atom is -0.481 e. The summed E-state index contributed by atoms with van der Waals surface area (Å²) in [5, 5.41) is 10.9. The van der Waals surface area contributed by atoms with Crippen LogP contribution < -0.4 is 5.32 Å². The van der Waals surface area contributed by atoms with Crippen molar-refractivity contribution in [3.63, 3.8) is 0 Å². The largest absolute Gasteiger partial charge is 0.481 e. The molecule has 5 heteroatoms. The molecule has 0 saturated heterocycles. The van der Waals surface area contributed by atoms with Gasteiger partial charge in [0.25, 0.3) is 0 Å². The van der Waals surface area contributed by atoms with E-state index in [0.717, 1.165) is 12.8 Å². The van der Waals surface area contributed by atoms with Gasteiger partial charge in [-0.15, -0.1) is 0 Å². The molecule has 0 aliphatic carbocycles. The molecule has 5 nitrogen and oxygen atoms in total. The van der Waals surface area contributed by atoms with Crippen LogP contribution in [0.15, 0.2) is 0 Å². The van der Waals surface area contributed by atoms with Crippen molar-refractivity contribution in [2.45, 2.75) is 39.0 Å². The number of hydrogen-bond acceptors (Lipinski definition) is 3. The minimum atomic E-state index is -0.796. The van der Waals surface area contributed by atoms with E-state index in [2.05, 4.69) is 5.32 Å². The van der Waals surface area contributed by atoms with E-state index in [0.29, 0.717) is 13.0 Å². The Labute approximate surface area is 88.9 Å². The van der Waals surface area contributed by atoms with Gasteiger partial charge in [0.2, 0.25) is 5.91 Å². The molecule has 0 rings (SSSR count). The number of carbonyl (C=O) groups excluding carboxylic acids is 2. The summed E-state index contributed by atoms with van der Waals surface area (Å²) in [6.07, 6.45) is 2.23. The molecule has 0 heterocycles. The van der Waals surface area contributed by atoms with E-state index in [-0.39, 0.29) is 24.5 Å². The van der Waals surface area contributed by atoms with Crippen molar-refractivity contribution in [3.05, 3.63) is 0 Å². The van der Waals surface area contributed by atoms with Gasteiger partial charge in [-0.2, -0.15) is 0 Å². The Morgan fingerprint density at radius 2 is 1.80 bits per heavy atom. The summed E-state index contributed by atoms with van der Waals surface area (Å²) in [4.78, 5) is 31.7. The molecule has 15 heavy (non-hydrogen) atoms. The average Bonchev–Trinajstić information content (AvgIpc) is 2.09. The molecule has 0 saturated carbocycles. The Balaban J connectivity index is 3.27. The quantitative estimate of drug-likeness (QED) is 0.461. The Morgan fingerprint density at radius 1 is 1.13 bits per heavy atom. The number of carboxylic acids is 1. The number of Topliss-reactive ketones (excluding diaryl/α,β-unsaturated/α-hetero) is 1. The van der Waals surface area contributed by atoms with Crippen LogP contribution in [-0.4, -0.2) is 29.3 Å². The second-order valence-electron chi connectivity index (χ2n) is 3.43. The Kier molecular flexibility index (Phi) is 7.23. The zero-order valence-electron chi connectivity index (χ0n) is 8.91. The summed E-state index contributed by atoms with van der Waals surface area (Å²) in [5.74, 6) is -1.21. The fourth-order valence-corrected chi connectivity index (χ4v) is 1.09. The van der Waals surface area contributed by atoms with Crippen LogP contribution in [0, 0.1) is 0 Å². The van der Waals surface area contributed by atoms with E-state index in [4.69, 9.17) is 5.11 Å². The number of nitrogens with one attached hydrogen (secondary N) is 1. The van der Waals surface area contributed by atoms with E-state index in [1.807, 2.05) is 0 Å². The monoisotopic (exact) mass is 215 g/mol. The van der Waals surface area contributed by atoms with E-state index in [1.54, 1.807) is 0 Å². The molecule has 2 N–H and O–H groups in total. The molecular formula is C10H17NO4. The van der Waals surface area contributed by atoms with Gasteiger partial charge in [0, 0.05) is 13.0 Å². The lowest BCUT2D eigenvalue weighted by molar-refractivity contribution is -0.137. The van der Waals surface area contributed by atoms with Crippen LogP contribution in [0.1, 0.15) is 39.0 Å². The summed E-state index contributed by atoms with van der Waals surface area (Å²) in [6.45, 7) is 1.87. The number of amides is 1. The highest BCUT2D eigenvalue weighted by molar-refractivity contribution is 5.96. The topological polar surface area (TPSA) is 83.5 Å². The predicted molar refractivity (Wildman–Crippen MR) is 54.4 cm³/mol. The smallest absolute Gasteiger partial charge is 0.303 e. The first kappa shape index (κ1) is 13.6. The van der Waals surface area contributed by atoms with Gasteiger partial charge >= 0.3 is 5.97 Å². The summed E-state index contributed by atoms with van der Waals surface area (Å²) < 4.78 is 0. The highest BCUT2D eigenvalue weighted by atomic mass is 16.4. The molecule has 0 atom stereocenters. The van der Waals surface area contributed by atoms with E-state index < -0.39 is 5.97 Å². The summed E-state index contributed by atoms with van der Waals surface area (Å²) in [6, 6.07) is 0. The van der Waals surface area contributed by atoms with Crippen LogP contribution >= 0.6 is 0 Å². The maximum atomic E-state index is 11.0. The van der Waals surface area contributed by atoms with Crippen molar-refractivity contribution >= 4 is 17.7 Å². The third-order valence-electron chi connectivity index (χ3n) is 1.80. The minimum absolute atomic E-state index is 0.0743. The van der Waals surface area contributed by atoms with Gasteiger partial charge in [-0.05, 0) is 19.8 Å². The second-order valence-corrected chi connectivity index (χ2v) is 3.43. The molecule has 0 aliphatic heterocycles. The van der Waals surface area contributed by atoms with Crippen molar-refractivity contribution in [2.24, 2.45) is 0 Å². The van der Waals surface area contributed by atoms with Crippen molar-refractivity contribution in [1.29, 1.82) is 0 Å². The molecule has 0 radical (unpaired) electrons. The fourth-order valence-electron chi connectivity index (χ4n) is 1.09. The molecule has 0 bridgehead atoms. The van der Waals surface area contributed by atoms with Gasteiger partial charge in [-0.1, -0.05) is 6.42 Å². The normalized spacial score (nSPS) is 9.67. The third kappa shape index (κ3) is 10.5. The molecule has 0 fully saturated rings. The SMILES string of the molecule is CC(=O)CC(=O)NCCCCCC(=O)O. The van der Waals surface area contributed by atoms with Gasteiger partial charge in [0.05, 0.1) is 6.42 Å². The summed E-state index contributed by atoms with van der Waals surface area (Å²) in [5.41, 5.74) is 0. The average molecular weight is 215 g/mol. The number of carbonyl (C=O) groups is 3. The molecule has 0 aromatic heterocycles. The first-order valence-electron chi connectivity index (χ1n) is 5.00. The molecule has 0 aromatic carbocycles. The Morgan fingerprint density at radius 3 is 2.33 bits per heavy atom. The van der Waals surface area contributed by atoms with Gasteiger partial charge in [0.15, 0.2) is 0 Å². The van der Waals surface area contributed by atoms with Gasteiger partial charge in [-0.3, -0.25) is 14.4 Å². The zero-order chi connectivity index (χ0) is 11.7. The van der Waals surface area contributed by atoms with Crippen LogP contribution in [0.5, 0.6) is 0 Å². The third-order valence-corrected chi connectivity index (χ3v) is 1.80. The molecular weight excluding hydrogens is 198 g/mol. The van der Waals surface area contributed by atoms with Gasteiger partial charge in [-0.25, -0.2) is 0 Å². The van der Waals surface area contributed by atoms with Crippen molar-refractivity contribution in [2.75, 3.05) is 6.54 Å². The predicted octanol–water partition coefficient (Wildman–Crippen LogP) is 0.727. The van der Waals surface area contributed by atoms with E-state index in [9.17, 15) is 14.4 Å². The first-order chi connectivity index (χ1) is 7.02. The van der Waals surface area contributed by atoms with E-state index in [1.165, 1.54) is 6.92 Å². The maximum absolute atomic E-state index is 11.0. The summed E-state index contributed by atoms with van der Waals surface area (Å²) >= 11 is 0. The number of aliphatic carboxylic acids is 1. The molecule has 0 aliphatic rings. The first-order valence-corrected chi connectivity index (χ1v) is 5.00. The number of rotatable bonds is 8. The lowest BCUT2D eigenvalue weighted by Gasteiger charge is -2.02. The van der Waals surface area contributed by atoms with Crippen LogP contribution in [0.3, 0.4) is 0 Å². The summed E-state index contributed by atoms with van der Waals surface area (Å²) in [7, 11) is 0. The van der Waals surface area contributed by atoms with Crippen LogP contribution in [0.4, 0.5) is 0 Å². The van der Waals surface area contributed by atoms with Gasteiger partial charge < -0.3 is 10.4 Å². The molecule has 0 aromatic rings. The lowest BCUT2D eigenvalue weighted by Crippen LogP contribution is -2.25. The highest BCUT2D eigenvalue weighted by Crippen LogP contribution is 1.98. The molecule has 0 unspecified atom stereocenters. The Bertz CT molecular complexity index is 238. The molecule has 1 amide bonds. The Hall–Kier alpha value is -1.39. The molecule has 0 spiro atoms. The maximum Gasteiger partial charge on any atom is 0.303 e. The highest BCUT2D eigenvalue weighted by Gasteiger charge is 2.03. The zero-order valence-corrected chi connectivity index (χ0v) is 8.91. The number of carboxylic acid groups (broad SMARTS) is 1. The second kappa shape index (κ2) is 7.96. The van der Waals surface area contributed by atoms with Crippen LogP contribution in [0.25, 0.3) is 0 Å². The fraction of sp³-hybridized carbons (Fsp3) is 0.700. The van der Waals surface area contributed by atoms with Gasteiger partial charge in [0.1, 0.15) is 5.78 Å². The molecule has 86 valence electrons. The van der Waals surface area contributed by atoms with Crippen LogP contribution in [0.2, 0.25) is 0 Å². The number of hydrogen-bond donors (Lipinski definition) is 2. The number of ketones is 1. The van der Waals surface area contributed by atoms with Crippen LogP contribution in [-0.2, 0) is 14.4 Å². The van der Waals surface area contributed by atoms with E-state index >= 15 is 0 Å². The van der Waals surface area contributed by atoms with Crippen molar-refractivity contribution < 1.29 is 19.5 Å². The van der Waals surface area contributed by atoms with Crippen molar-refractivity contribution in [3.8, 4) is 0 Å². The van der Waals surface area contributed by atoms with Crippen molar-refractivity contribution in [1.82, 2.24) is 5.32 Å². The lowest BCUT2D eigenvalue weighted by atomic mass is 10.2. The number of unbranched alkanes of at least 4 members (excludes halogenated alkanes) is 2.